The Kier molecular flexibility index (Phi) is 3.40. The summed E-state index contributed by atoms with van der Waals surface area (Å²) >= 11 is 5.58. The number of rotatable bonds is 3. The summed E-state index contributed by atoms with van der Waals surface area (Å²) in [6.45, 7) is 0.104. The maximum atomic E-state index is 8.90. The molecule has 0 saturated heterocycles. The van der Waals surface area contributed by atoms with E-state index in [1.165, 1.54) is 0 Å². The van der Waals surface area contributed by atoms with Crippen LogP contribution in [0.3, 0.4) is 0 Å². The highest BCUT2D eigenvalue weighted by atomic mass is 35.5. The predicted octanol–water partition coefficient (Wildman–Crippen LogP) is 1.96. The van der Waals surface area contributed by atoms with Gasteiger partial charge in [0.05, 0.1) is 6.61 Å². The van der Waals surface area contributed by atoms with E-state index in [1.807, 2.05) is 24.3 Å². The van der Waals surface area contributed by atoms with Crippen LogP contribution in [0.4, 0.5) is 0 Å². The zero-order valence-electron chi connectivity index (χ0n) is 6.26. The lowest BCUT2D eigenvalue weighted by molar-refractivity contribution is 0.280. The van der Waals surface area contributed by atoms with Gasteiger partial charge in [0.2, 0.25) is 0 Å². The van der Waals surface area contributed by atoms with Crippen LogP contribution in [-0.4, -0.2) is 11.0 Å². The van der Waals surface area contributed by atoms with Crippen molar-refractivity contribution in [3.05, 3.63) is 35.4 Å². The van der Waals surface area contributed by atoms with Gasteiger partial charge in [-0.2, -0.15) is 0 Å². The average Bonchev–Trinajstić information content (AvgIpc) is 2.06. The van der Waals surface area contributed by atoms with Crippen LogP contribution in [0.5, 0.6) is 0 Å². The van der Waals surface area contributed by atoms with E-state index in [9.17, 15) is 0 Å². The van der Waals surface area contributed by atoms with E-state index in [4.69, 9.17) is 16.7 Å². The molecule has 0 saturated carbocycles. The number of halogens is 1. The molecular weight excluding hydrogens is 160 g/mol. The minimum Gasteiger partial charge on any atom is -0.392 e. The normalized spacial score (nSPS) is 10.0. The monoisotopic (exact) mass is 170 g/mol. The SMILES string of the molecule is OCc1ccccc1CCCl. The third-order valence-corrected chi connectivity index (χ3v) is 1.84. The van der Waals surface area contributed by atoms with Gasteiger partial charge >= 0.3 is 0 Å². The summed E-state index contributed by atoms with van der Waals surface area (Å²) in [6.07, 6.45) is 0.832. The van der Waals surface area contributed by atoms with E-state index in [0.717, 1.165) is 17.5 Å². The molecular formula is C9H11ClO. The van der Waals surface area contributed by atoms with Gasteiger partial charge in [0, 0.05) is 5.88 Å². The minimum atomic E-state index is 0.104. The predicted molar refractivity (Wildman–Crippen MR) is 46.8 cm³/mol. The number of aryl methyl sites for hydroxylation is 1. The first-order chi connectivity index (χ1) is 5.38. The van der Waals surface area contributed by atoms with Crippen molar-refractivity contribution in [2.24, 2.45) is 0 Å². The van der Waals surface area contributed by atoms with Crippen LogP contribution in [0.2, 0.25) is 0 Å². The van der Waals surface area contributed by atoms with Crippen molar-refractivity contribution >= 4 is 11.6 Å². The fraction of sp³-hybridized carbons (Fsp3) is 0.333. The largest absolute Gasteiger partial charge is 0.392 e. The molecule has 1 aromatic rings. The molecule has 0 aliphatic carbocycles. The van der Waals surface area contributed by atoms with E-state index in [1.54, 1.807) is 0 Å². The van der Waals surface area contributed by atoms with Crippen LogP contribution >= 0.6 is 11.6 Å². The van der Waals surface area contributed by atoms with Gasteiger partial charge in [-0.25, -0.2) is 0 Å². The Bertz CT molecular complexity index is 223. The fourth-order valence-corrected chi connectivity index (χ4v) is 1.26. The third-order valence-electron chi connectivity index (χ3n) is 1.65. The maximum absolute atomic E-state index is 8.90. The summed E-state index contributed by atoms with van der Waals surface area (Å²) < 4.78 is 0. The summed E-state index contributed by atoms with van der Waals surface area (Å²) in [5, 5.41) is 8.90. The van der Waals surface area contributed by atoms with Crippen LogP contribution in [0.15, 0.2) is 24.3 Å². The quantitative estimate of drug-likeness (QED) is 0.688. The van der Waals surface area contributed by atoms with Gasteiger partial charge in [-0.3, -0.25) is 0 Å². The maximum Gasteiger partial charge on any atom is 0.0684 e. The summed E-state index contributed by atoms with van der Waals surface area (Å²) in [5.74, 6) is 0.608. The Balaban J connectivity index is 2.83. The molecule has 0 aromatic heterocycles. The van der Waals surface area contributed by atoms with E-state index in [-0.39, 0.29) is 6.61 Å². The second-order valence-corrected chi connectivity index (χ2v) is 2.74. The Morgan fingerprint density at radius 2 is 1.82 bits per heavy atom. The minimum absolute atomic E-state index is 0.104. The molecule has 2 heteroatoms. The first kappa shape index (κ1) is 8.57. The Labute approximate surface area is 71.6 Å². The van der Waals surface area contributed by atoms with Crippen LogP contribution in [0.1, 0.15) is 11.1 Å². The summed E-state index contributed by atoms with van der Waals surface area (Å²) in [7, 11) is 0. The number of hydrogen-bond donors (Lipinski definition) is 1. The van der Waals surface area contributed by atoms with Crippen molar-refractivity contribution in [1.82, 2.24) is 0 Å². The van der Waals surface area contributed by atoms with E-state index >= 15 is 0 Å². The molecule has 0 bridgehead atoms. The van der Waals surface area contributed by atoms with Crippen molar-refractivity contribution in [2.75, 3.05) is 5.88 Å². The Hall–Kier alpha value is -0.530. The molecule has 0 unspecified atom stereocenters. The molecule has 11 heavy (non-hydrogen) atoms. The zero-order valence-corrected chi connectivity index (χ0v) is 7.01. The van der Waals surface area contributed by atoms with Crippen LogP contribution in [-0.2, 0) is 13.0 Å². The molecule has 0 spiro atoms. The fourth-order valence-electron chi connectivity index (χ4n) is 1.06. The standard InChI is InChI=1S/C9H11ClO/c10-6-5-8-3-1-2-4-9(8)7-11/h1-4,11H,5-7H2. The molecule has 0 amide bonds. The van der Waals surface area contributed by atoms with E-state index < -0.39 is 0 Å². The first-order valence-electron chi connectivity index (χ1n) is 3.62. The molecule has 0 radical (unpaired) electrons. The van der Waals surface area contributed by atoms with Crippen molar-refractivity contribution in [3.8, 4) is 0 Å². The molecule has 0 atom stereocenters. The van der Waals surface area contributed by atoms with E-state index in [0.29, 0.717) is 5.88 Å². The zero-order chi connectivity index (χ0) is 8.10. The molecule has 1 N–H and O–H groups in total. The van der Waals surface area contributed by atoms with Crippen molar-refractivity contribution in [1.29, 1.82) is 0 Å². The molecule has 0 aliphatic rings. The second kappa shape index (κ2) is 4.37. The lowest BCUT2D eigenvalue weighted by Gasteiger charge is -2.03. The topological polar surface area (TPSA) is 20.2 Å². The number of aliphatic hydroxyl groups excluding tert-OH is 1. The van der Waals surface area contributed by atoms with Crippen LogP contribution in [0, 0.1) is 0 Å². The molecule has 0 heterocycles. The van der Waals surface area contributed by atoms with Crippen molar-refractivity contribution < 1.29 is 5.11 Å². The van der Waals surface area contributed by atoms with Gasteiger partial charge < -0.3 is 5.11 Å². The van der Waals surface area contributed by atoms with Gasteiger partial charge in [0.1, 0.15) is 0 Å². The molecule has 1 rings (SSSR count). The highest BCUT2D eigenvalue weighted by Gasteiger charge is 1.97. The summed E-state index contributed by atoms with van der Waals surface area (Å²) in [4.78, 5) is 0. The van der Waals surface area contributed by atoms with Gasteiger partial charge in [0.15, 0.2) is 0 Å². The van der Waals surface area contributed by atoms with Crippen molar-refractivity contribution in [3.63, 3.8) is 0 Å². The summed E-state index contributed by atoms with van der Waals surface area (Å²) in [5.41, 5.74) is 2.12. The number of aliphatic hydroxyl groups is 1. The number of alkyl halides is 1. The van der Waals surface area contributed by atoms with Crippen LogP contribution < -0.4 is 0 Å². The molecule has 0 aliphatic heterocycles. The third kappa shape index (κ3) is 2.21. The second-order valence-electron chi connectivity index (χ2n) is 2.37. The molecule has 0 fully saturated rings. The number of benzene rings is 1. The first-order valence-corrected chi connectivity index (χ1v) is 4.15. The van der Waals surface area contributed by atoms with Gasteiger partial charge in [-0.15, -0.1) is 11.6 Å². The molecule has 60 valence electrons. The lowest BCUT2D eigenvalue weighted by atomic mass is 10.1. The van der Waals surface area contributed by atoms with Gasteiger partial charge in [0.25, 0.3) is 0 Å². The number of hydrogen-bond acceptors (Lipinski definition) is 1. The lowest BCUT2D eigenvalue weighted by Crippen LogP contribution is -1.93. The average molecular weight is 171 g/mol. The highest BCUT2D eigenvalue weighted by Crippen LogP contribution is 2.09. The Morgan fingerprint density at radius 3 is 2.36 bits per heavy atom. The van der Waals surface area contributed by atoms with Gasteiger partial charge in [-0.05, 0) is 17.5 Å². The van der Waals surface area contributed by atoms with Crippen LogP contribution in [0.25, 0.3) is 0 Å². The van der Waals surface area contributed by atoms with E-state index in [2.05, 4.69) is 0 Å². The smallest absolute Gasteiger partial charge is 0.0684 e. The Morgan fingerprint density at radius 1 is 1.18 bits per heavy atom. The molecule has 1 nitrogen and oxygen atoms in total. The summed E-state index contributed by atoms with van der Waals surface area (Å²) in [6, 6.07) is 7.79. The van der Waals surface area contributed by atoms with Gasteiger partial charge in [-0.1, -0.05) is 24.3 Å². The highest BCUT2D eigenvalue weighted by molar-refractivity contribution is 6.18. The van der Waals surface area contributed by atoms with Crippen molar-refractivity contribution in [2.45, 2.75) is 13.0 Å². The molecule has 1 aromatic carbocycles.